The van der Waals surface area contributed by atoms with Crippen LogP contribution in [0.5, 0.6) is 0 Å². The molecule has 4 heterocycles. The van der Waals surface area contributed by atoms with Gasteiger partial charge >= 0.3 is 12.0 Å². The summed E-state index contributed by atoms with van der Waals surface area (Å²) in [5, 5.41) is 21.2. The number of hydrogen-bond donors (Lipinski definition) is 5. The van der Waals surface area contributed by atoms with Crippen molar-refractivity contribution in [2.24, 2.45) is 5.92 Å². The molecule has 7 amide bonds. The molecule has 0 radical (unpaired) electrons. The smallest absolute Gasteiger partial charge is 0.329 e. The number of likely N-dealkylation sites (N-methyl/N-ethyl adjacent to an activating group) is 2. The van der Waals surface area contributed by atoms with Gasteiger partial charge in [-0.3, -0.25) is 24.0 Å². The van der Waals surface area contributed by atoms with Crippen LogP contribution in [-0.2, 0) is 46.3 Å². The van der Waals surface area contributed by atoms with Crippen molar-refractivity contribution in [2.45, 2.75) is 108 Å². The minimum absolute atomic E-state index is 0.00148. The van der Waals surface area contributed by atoms with Crippen LogP contribution < -0.4 is 26.2 Å². The number of carbonyl (C=O) groups is 7. The zero-order valence-electron chi connectivity index (χ0n) is 35.1. The Morgan fingerprint density at radius 2 is 1.64 bits per heavy atom. The molecule has 0 unspecified atom stereocenters. The number of fused-ring (bicyclic) bond motifs is 3. The van der Waals surface area contributed by atoms with Crippen molar-refractivity contribution >= 4 is 52.9 Å². The molecule has 61 heavy (non-hydrogen) atoms. The molecule has 0 saturated carbocycles. The molecule has 5 N–H and O–H groups in total. The van der Waals surface area contributed by atoms with Crippen LogP contribution in [0.2, 0.25) is 0 Å². The lowest BCUT2D eigenvalue weighted by atomic mass is 10.0. The van der Waals surface area contributed by atoms with Crippen LogP contribution in [0.25, 0.3) is 0 Å². The van der Waals surface area contributed by atoms with E-state index in [0.717, 1.165) is 41.2 Å². The first-order valence-corrected chi connectivity index (χ1v) is 20.6. The van der Waals surface area contributed by atoms with Gasteiger partial charge in [-0.2, -0.15) is 0 Å². The van der Waals surface area contributed by atoms with Gasteiger partial charge in [-0.05, 0) is 93.8 Å². The van der Waals surface area contributed by atoms with Gasteiger partial charge in [-0.1, -0.05) is 6.92 Å². The van der Waals surface area contributed by atoms with Crippen LogP contribution in [0.15, 0.2) is 36.4 Å². The highest BCUT2D eigenvalue weighted by molar-refractivity contribution is 5.99. The van der Waals surface area contributed by atoms with Gasteiger partial charge in [0, 0.05) is 57.6 Å². The minimum Gasteiger partial charge on any atom is -0.458 e. The maximum atomic E-state index is 14.7. The van der Waals surface area contributed by atoms with Gasteiger partial charge in [0.05, 0.1) is 6.10 Å². The number of cyclic esters (lactones) is 1. The van der Waals surface area contributed by atoms with Crippen molar-refractivity contribution in [3.8, 4) is 0 Å². The molecule has 0 spiro atoms. The number of anilines is 2. The quantitative estimate of drug-likeness (QED) is 0.250. The summed E-state index contributed by atoms with van der Waals surface area (Å²) in [7, 11) is 3.25. The van der Waals surface area contributed by atoms with E-state index < -0.39 is 108 Å². The average Bonchev–Trinajstić information content (AvgIpc) is 3.93. The summed E-state index contributed by atoms with van der Waals surface area (Å²) in [4.78, 5) is 104. The second-order valence-corrected chi connectivity index (χ2v) is 16.7. The van der Waals surface area contributed by atoms with Gasteiger partial charge < -0.3 is 50.7 Å². The zero-order valence-corrected chi connectivity index (χ0v) is 35.1. The third-order valence-electron chi connectivity index (χ3n) is 11.9. The first-order valence-electron chi connectivity index (χ1n) is 20.6. The number of amides is 7. The van der Waals surface area contributed by atoms with Crippen molar-refractivity contribution in [1.29, 1.82) is 0 Å². The fourth-order valence-electron chi connectivity index (χ4n) is 8.79. The number of aliphatic hydroxyl groups excluding tert-OH is 1. The Morgan fingerprint density at radius 1 is 0.934 bits per heavy atom. The molecule has 3 fully saturated rings. The van der Waals surface area contributed by atoms with Crippen molar-refractivity contribution in [2.75, 3.05) is 43.9 Å². The summed E-state index contributed by atoms with van der Waals surface area (Å²) in [6, 6.07) is -1.05. The zero-order chi connectivity index (χ0) is 44.4. The Kier molecular flexibility index (Phi) is 13.5. The van der Waals surface area contributed by atoms with Crippen LogP contribution in [0, 0.1) is 17.6 Å². The molecule has 9 atom stereocenters. The number of esters is 1. The number of carbonyl (C=O) groups excluding carboxylic acids is 7. The fraction of sp³-hybridized carbons (Fsp3) is 0.548. The molecule has 4 aliphatic heterocycles. The van der Waals surface area contributed by atoms with Gasteiger partial charge in [-0.25, -0.2) is 18.4 Å². The highest BCUT2D eigenvalue weighted by atomic mass is 19.1. The first kappa shape index (κ1) is 44.7. The van der Waals surface area contributed by atoms with Crippen molar-refractivity contribution in [1.82, 2.24) is 30.7 Å². The molecule has 2 aromatic carbocycles. The van der Waals surface area contributed by atoms with Crippen molar-refractivity contribution in [3.63, 3.8) is 0 Å². The van der Waals surface area contributed by atoms with Crippen LogP contribution in [0.3, 0.4) is 0 Å². The molecule has 3 saturated heterocycles. The second-order valence-electron chi connectivity index (χ2n) is 16.7. The summed E-state index contributed by atoms with van der Waals surface area (Å²) in [6.07, 6.45) is -1.84. The summed E-state index contributed by atoms with van der Waals surface area (Å²) in [5.41, 5.74) is 2.42. The molecular weight excluding hydrogens is 799 g/mol. The highest BCUT2D eigenvalue weighted by Crippen LogP contribution is 2.30. The van der Waals surface area contributed by atoms with Crippen LogP contribution in [0.1, 0.15) is 58.1 Å². The molecule has 6 rings (SSSR count). The molecule has 2 aromatic rings. The van der Waals surface area contributed by atoms with Gasteiger partial charge in [0.2, 0.25) is 29.5 Å². The Morgan fingerprint density at radius 3 is 2.33 bits per heavy atom. The second kappa shape index (κ2) is 18.4. The third kappa shape index (κ3) is 9.87. The van der Waals surface area contributed by atoms with E-state index in [1.807, 2.05) is 20.0 Å². The molecule has 17 nitrogen and oxygen atoms in total. The maximum Gasteiger partial charge on any atom is 0.329 e. The maximum absolute atomic E-state index is 14.7. The predicted molar refractivity (Wildman–Crippen MR) is 217 cm³/mol. The Balaban J connectivity index is 1.33. The van der Waals surface area contributed by atoms with E-state index in [-0.39, 0.29) is 37.4 Å². The Labute approximate surface area is 352 Å². The number of aliphatic hydroxyl groups is 1. The van der Waals surface area contributed by atoms with Gasteiger partial charge in [0.1, 0.15) is 54.0 Å². The molecule has 0 bridgehead atoms. The first-order chi connectivity index (χ1) is 28.8. The summed E-state index contributed by atoms with van der Waals surface area (Å²) in [6.45, 7) is 6.89. The normalized spacial score (nSPS) is 27.2. The van der Waals surface area contributed by atoms with Gasteiger partial charge in [0.25, 0.3) is 0 Å². The van der Waals surface area contributed by atoms with Crippen LogP contribution in [0.4, 0.5) is 25.0 Å². The Hall–Kier alpha value is -5.85. The number of nitrogens with one attached hydrogen (secondary N) is 4. The van der Waals surface area contributed by atoms with Crippen molar-refractivity contribution in [3.05, 3.63) is 59.2 Å². The largest absolute Gasteiger partial charge is 0.458 e. The third-order valence-corrected chi connectivity index (χ3v) is 11.9. The fourth-order valence-corrected chi connectivity index (χ4v) is 8.79. The number of hydrogen-bond acceptors (Lipinski definition) is 10. The van der Waals surface area contributed by atoms with Gasteiger partial charge in [-0.15, -0.1) is 0 Å². The number of benzene rings is 2. The Bertz CT molecular complexity index is 2050. The summed E-state index contributed by atoms with van der Waals surface area (Å²) >= 11 is 0. The van der Waals surface area contributed by atoms with E-state index in [4.69, 9.17) is 4.74 Å². The van der Waals surface area contributed by atoms with E-state index >= 15 is 0 Å². The predicted octanol–water partition coefficient (Wildman–Crippen LogP) is 1.06. The number of urea groups is 1. The molecule has 19 heteroatoms. The summed E-state index contributed by atoms with van der Waals surface area (Å²) in [5.74, 6) is -6.89. The lowest BCUT2D eigenvalue weighted by Crippen LogP contribution is -2.63. The lowest BCUT2D eigenvalue weighted by Gasteiger charge is -2.37. The molecule has 0 aliphatic carbocycles. The standard InChI is InChI=1S/C42H54F2N8O9/c1-21-14-33-41(59)61-24(4)34(40(58)51-12-7-8-32(51)39(57)50(6)35(23(3)53)37(55)45-22(2)38(56)52(33)20-21)48-36(54)30(17-25-15-27(43)19-28(44)16-25)47-42(60)46-29-9-10-31-26(18-29)11-13-49(31)5/h9-10,15-16,18-19,21-24,30,32-35,53H,7-8,11-14,17,20H2,1-6H3,(H,45,55)(H,48,54)(H2,46,47,60)/t21-,22-,23-,24-,30-,32-,33-,34-,35-/m0/s1. The molecule has 0 aromatic heterocycles. The van der Waals surface area contributed by atoms with E-state index in [1.165, 1.54) is 37.6 Å². The van der Waals surface area contributed by atoms with E-state index in [9.17, 15) is 47.4 Å². The number of rotatable bonds is 7. The topological polar surface area (TPSA) is 210 Å². The van der Waals surface area contributed by atoms with Gasteiger partial charge in [0.15, 0.2) is 0 Å². The number of halogens is 2. The molecule has 330 valence electrons. The lowest BCUT2D eigenvalue weighted by molar-refractivity contribution is -0.163. The van der Waals surface area contributed by atoms with E-state index in [0.29, 0.717) is 18.2 Å². The SMILES string of the molecule is C[C@H]1C[C@H]2C(=O)O[C@@H](C)[C@H](NC(=O)[C@H](Cc3cc(F)cc(F)c3)NC(=O)Nc3ccc4c(c3)CCN4C)C(=O)N3CCC[C@H]3C(=O)N(C)[C@@H]([C@H](C)O)C(=O)N[C@@H](C)C(=O)N2C1. The van der Waals surface area contributed by atoms with Crippen LogP contribution in [-0.4, -0.2) is 144 Å². The minimum atomic E-state index is -1.69. The van der Waals surface area contributed by atoms with E-state index in [1.54, 1.807) is 12.1 Å². The van der Waals surface area contributed by atoms with E-state index in [2.05, 4.69) is 26.2 Å². The molecule has 4 aliphatic rings. The van der Waals surface area contributed by atoms with Crippen molar-refractivity contribution < 1.29 is 52.2 Å². The molecular formula is C42H54F2N8O9. The monoisotopic (exact) mass is 852 g/mol. The van der Waals surface area contributed by atoms with Crippen LogP contribution >= 0.6 is 0 Å². The highest BCUT2D eigenvalue weighted by Gasteiger charge is 2.47. The average molecular weight is 853 g/mol. The summed E-state index contributed by atoms with van der Waals surface area (Å²) < 4.78 is 34.7. The number of nitrogens with zero attached hydrogens (tertiary/aromatic N) is 4. The number of ether oxygens (including phenoxy) is 1.